The van der Waals surface area contributed by atoms with E-state index >= 15 is 0 Å². The molecule has 0 aliphatic carbocycles. The molecule has 0 bridgehead atoms. The summed E-state index contributed by atoms with van der Waals surface area (Å²) in [5.74, 6) is 0. The molecule has 1 heterocycles. The molecule has 2 rings (SSSR count). The molecule has 0 aliphatic rings. The number of aromatic nitrogens is 2. The highest BCUT2D eigenvalue weighted by Gasteiger charge is 2.04. The number of anilines is 1. The summed E-state index contributed by atoms with van der Waals surface area (Å²) in [5, 5.41) is 8.39. The number of hydrogen-bond donors (Lipinski definition) is 2. The molecule has 0 unspecified atom stereocenters. The SMILES string of the molecule is Cc1cc(C)n(CCCNc2ccc(C(N)=S)cc2Cl)n1. The van der Waals surface area contributed by atoms with Gasteiger partial charge in [-0.1, -0.05) is 23.8 Å². The van der Waals surface area contributed by atoms with Crippen LogP contribution >= 0.6 is 23.8 Å². The summed E-state index contributed by atoms with van der Waals surface area (Å²) in [5.41, 5.74) is 9.49. The molecule has 3 N–H and O–H groups in total. The largest absolute Gasteiger partial charge is 0.389 e. The quantitative estimate of drug-likeness (QED) is 0.633. The number of nitrogens with two attached hydrogens (primary N) is 1. The van der Waals surface area contributed by atoms with E-state index in [0.717, 1.165) is 36.5 Å². The number of thiocarbonyl (C=S) groups is 1. The molecule has 0 aliphatic heterocycles. The second kappa shape index (κ2) is 6.91. The first-order chi connectivity index (χ1) is 9.97. The highest BCUT2D eigenvalue weighted by molar-refractivity contribution is 7.80. The van der Waals surface area contributed by atoms with Crippen LogP contribution in [0.3, 0.4) is 0 Å². The maximum atomic E-state index is 6.20. The number of rotatable bonds is 6. The second-order valence-electron chi connectivity index (χ2n) is 4.99. The van der Waals surface area contributed by atoms with Crippen LogP contribution in [-0.4, -0.2) is 21.3 Å². The first kappa shape index (κ1) is 15.8. The zero-order chi connectivity index (χ0) is 15.4. The smallest absolute Gasteiger partial charge is 0.104 e. The summed E-state index contributed by atoms with van der Waals surface area (Å²) in [7, 11) is 0. The van der Waals surface area contributed by atoms with Gasteiger partial charge in [-0.15, -0.1) is 0 Å². The third kappa shape index (κ3) is 4.19. The van der Waals surface area contributed by atoms with Gasteiger partial charge in [0.15, 0.2) is 0 Å². The minimum absolute atomic E-state index is 0.355. The van der Waals surface area contributed by atoms with Crippen molar-refractivity contribution >= 4 is 34.5 Å². The van der Waals surface area contributed by atoms with Crippen LogP contribution in [0, 0.1) is 13.8 Å². The number of hydrogen-bond acceptors (Lipinski definition) is 3. The molecule has 0 spiro atoms. The molecule has 4 nitrogen and oxygen atoms in total. The second-order valence-corrected chi connectivity index (χ2v) is 5.84. The van der Waals surface area contributed by atoms with Crippen LogP contribution in [-0.2, 0) is 6.54 Å². The Kier molecular flexibility index (Phi) is 5.20. The van der Waals surface area contributed by atoms with Crippen LogP contribution in [0.4, 0.5) is 5.69 Å². The Labute approximate surface area is 135 Å². The lowest BCUT2D eigenvalue weighted by Crippen LogP contribution is -2.11. The van der Waals surface area contributed by atoms with Crippen LogP contribution in [0.1, 0.15) is 23.4 Å². The predicted octanol–water partition coefficient (Wildman–Crippen LogP) is 3.29. The molecule has 1 aromatic heterocycles. The van der Waals surface area contributed by atoms with Crippen molar-refractivity contribution in [2.45, 2.75) is 26.8 Å². The summed E-state index contributed by atoms with van der Waals surface area (Å²) >= 11 is 11.1. The Balaban J connectivity index is 1.86. The maximum Gasteiger partial charge on any atom is 0.104 e. The van der Waals surface area contributed by atoms with Crippen molar-refractivity contribution in [2.75, 3.05) is 11.9 Å². The lowest BCUT2D eigenvalue weighted by atomic mass is 10.2. The third-order valence-corrected chi connectivity index (χ3v) is 3.77. The van der Waals surface area contributed by atoms with Gasteiger partial charge in [-0.2, -0.15) is 5.10 Å². The topological polar surface area (TPSA) is 55.9 Å². The van der Waals surface area contributed by atoms with E-state index in [4.69, 9.17) is 29.6 Å². The van der Waals surface area contributed by atoms with E-state index in [2.05, 4.69) is 23.4 Å². The van der Waals surface area contributed by atoms with Gasteiger partial charge in [0.1, 0.15) is 4.99 Å². The fourth-order valence-corrected chi connectivity index (χ4v) is 2.54. The minimum Gasteiger partial charge on any atom is -0.389 e. The predicted molar refractivity (Wildman–Crippen MR) is 92.1 cm³/mol. The molecule has 0 amide bonds. The summed E-state index contributed by atoms with van der Waals surface area (Å²) in [6, 6.07) is 7.64. The Hall–Kier alpha value is -1.59. The van der Waals surface area contributed by atoms with Crippen molar-refractivity contribution in [1.29, 1.82) is 0 Å². The van der Waals surface area contributed by atoms with Gasteiger partial charge in [-0.3, -0.25) is 4.68 Å². The molecule has 0 saturated heterocycles. The molecular weight excluding hydrogens is 304 g/mol. The van der Waals surface area contributed by atoms with E-state index in [-0.39, 0.29) is 0 Å². The lowest BCUT2D eigenvalue weighted by Gasteiger charge is -2.10. The van der Waals surface area contributed by atoms with Gasteiger partial charge in [-0.25, -0.2) is 0 Å². The minimum atomic E-state index is 0.355. The molecule has 21 heavy (non-hydrogen) atoms. The molecule has 112 valence electrons. The van der Waals surface area contributed by atoms with Crippen molar-refractivity contribution in [3.8, 4) is 0 Å². The van der Waals surface area contributed by atoms with Gasteiger partial charge in [-0.05, 0) is 44.5 Å². The first-order valence-electron chi connectivity index (χ1n) is 6.81. The van der Waals surface area contributed by atoms with Gasteiger partial charge in [0.25, 0.3) is 0 Å². The standard InChI is InChI=1S/C15H19ClN4S/c1-10-8-11(2)20(19-10)7-3-6-18-14-5-4-12(15(17)21)9-13(14)16/h4-5,8-9,18H,3,6-7H2,1-2H3,(H2,17,21). The molecule has 0 atom stereocenters. The summed E-state index contributed by atoms with van der Waals surface area (Å²) in [6.07, 6.45) is 0.968. The molecule has 0 fully saturated rings. The van der Waals surface area contributed by atoms with E-state index < -0.39 is 0 Å². The molecule has 1 aromatic carbocycles. The van der Waals surface area contributed by atoms with Crippen LogP contribution in [0.15, 0.2) is 24.3 Å². The van der Waals surface area contributed by atoms with Crippen molar-refractivity contribution in [3.63, 3.8) is 0 Å². The lowest BCUT2D eigenvalue weighted by molar-refractivity contribution is 0.574. The van der Waals surface area contributed by atoms with Crippen LogP contribution in [0.2, 0.25) is 5.02 Å². The van der Waals surface area contributed by atoms with E-state index in [1.807, 2.05) is 23.7 Å². The highest BCUT2D eigenvalue weighted by atomic mass is 35.5. The molecule has 6 heteroatoms. The van der Waals surface area contributed by atoms with Gasteiger partial charge < -0.3 is 11.1 Å². The molecular formula is C15H19ClN4S. The Morgan fingerprint density at radius 1 is 1.38 bits per heavy atom. The molecule has 0 radical (unpaired) electrons. The third-order valence-electron chi connectivity index (χ3n) is 3.22. The molecule has 2 aromatic rings. The first-order valence-corrected chi connectivity index (χ1v) is 7.60. The van der Waals surface area contributed by atoms with Crippen molar-refractivity contribution in [3.05, 3.63) is 46.2 Å². The number of halogens is 1. The zero-order valence-corrected chi connectivity index (χ0v) is 13.8. The van der Waals surface area contributed by atoms with Crippen LogP contribution < -0.4 is 11.1 Å². The van der Waals surface area contributed by atoms with Gasteiger partial charge in [0, 0.05) is 24.3 Å². The fourth-order valence-electron chi connectivity index (χ4n) is 2.16. The summed E-state index contributed by atoms with van der Waals surface area (Å²) < 4.78 is 2.02. The van der Waals surface area contributed by atoms with E-state index in [1.54, 1.807) is 6.07 Å². The van der Waals surface area contributed by atoms with Gasteiger partial charge in [0.2, 0.25) is 0 Å². The maximum absolute atomic E-state index is 6.20. The monoisotopic (exact) mass is 322 g/mol. The average Bonchev–Trinajstić information content (AvgIpc) is 2.74. The molecule has 0 saturated carbocycles. The Bertz CT molecular complexity index is 651. The average molecular weight is 323 g/mol. The zero-order valence-electron chi connectivity index (χ0n) is 12.2. The van der Waals surface area contributed by atoms with Gasteiger partial charge >= 0.3 is 0 Å². The van der Waals surface area contributed by atoms with E-state index in [1.165, 1.54) is 5.69 Å². The van der Waals surface area contributed by atoms with E-state index in [0.29, 0.717) is 10.0 Å². The van der Waals surface area contributed by atoms with Crippen molar-refractivity contribution < 1.29 is 0 Å². The normalized spacial score (nSPS) is 10.6. The van der Waals surface area contributed by atoms with Crippen molar-refractivity contribution in [1.82, 2.24) is 9.78 Å². The Morgan fingerprint density at radius 2 is 2.14 bits per heavy atom. The summed E-state index contributed by atoms with van der Waals surface area (Å²) in [4.78, 5) is 0.355. The number of nitrogens with zero attached hydrogens (tertiary/aromatic N) is 2. The van der Waals surface area contributed by atoms with Crippen LogP contribution in [0.25, 0.3) is 0 Å². The van der Waals surface area contributed by atoms with E-state index in [9.17, 15) is 0 Å². The number of nitrogens with one attached hydrogen (secondary N) is 1. The number of benzene rings is 1. The number of aryl methyl sites for hydroxylation is 3. The fraction of sp³-hybridized carbons (Fsp3) is 0.333. The van der Waals surface area contributed by atoms with Gasteiger partial charge in [0.05, 0.1) is 16.4 Å². The Morgan fingerprint density at radius 3 is 2.71 bits per heavy atom. The van der Waals surface area contributed by atoms with Crippen LogP contribution in [0.5, 0.6) is 0 Å². The summed E-state index contributed by atoms with van der Waals surface area (Å²) in [6.45, 7) is 5.78. The highest BCUT2D eigenvalue weighted by Crippen LogP contribution is 2.23. The van der Waals surface area contributed by atoms with Crippen molar-refractivity contribution in [2.24, 2.45) is 5.73 Å².